The van der Waals surface area contributed by atoms with E-state index in [1.165, 1.54) is 30.3 Å². The van der Waals surface area contributed by atoms with Gasteiger partial charge in [0.15, 0.2) is 0 Å². The Labute approximate surface area is 193 Å². The molecule has 0 heterocycles. The zero-order valence-corrected chi connectivity index (χ0v) is 18.3. The summed E-state index contributed by atoms with van der Waals surface area (Å²) in [7, 11) is 3.50. The van der Waals surface area contributed by atoms with Crippen LogP contribution in [0, 0.1) is 5.82 Å². The van der Waals surface area contributed by atoms with Gasteiger partial charge in [0.2, 0.25) is 0 Å². The maximum atomic E-state index is 13.1. The lowest BCUT2D eigenvalue weighted by Crippen LogP contribution is -2.26. The van der Waals surface area contributed by atoms with Crippen LogP contribution in [0.1, 0.15) is 21.5 Å². The number of alkyl halides is 3. The molecule has 10 heteroatoms. The van der Waals surface area contributed by atoms with Crippen LogP contribution in [-0.2, 0) is 12.7 Å². The van der Waals surface area contributed by atoms with E-state index in [0.29, 0.717) is 11.3 Å². The van der Waals surface area contributed by atoms with E-state index in [0.717, 1.165) is 12.1 Å². The molecule has 0 aliphatic rings. The van der Waals surface area contributed by atoms with Gasteiger partial charge in [-0.3, -0.25) is 4.79 Å². The first kappa shape index (κ1) is 24.6. The van der Waals surface area contributed by atoms with E-state index in [1.54, 1.807) is 43.3 Å². The van der Waals surface area contributed by atoms with E-state index in [1.807, 2.05) is 0 Å². The number of nitrogens with one attached hydrogen (secondary N) is 3. The van der Waals surface area contributed by atoms with E-state index >= 15 is 0 Å². The van der Waals surface area contributed by atoms with Gasteiger partial charge in [-0.05, 0) is 54.1 Å². The molecule has 0 unspecified atom stereocenters. The van der Waals surface area contributed by atoms with Gasteiger partial charge in [-0.15, -0.1) is 0 Å². The van der Waals surface area contributed by atoms with E-state index < -0.39 is 23.7 Å². The molecule has 0 aliphatic carbocycles. The molecule has 0 saturated carbocycles. The fraction of sp³-hybridized carbons (Fsp3) is 0.167. The fourth-order valence-electron chi connectivity index (χ4n) is 3.13. The summed E-state index contributed by atoms with van der Waals surface area (Å²) in [6.45, 7) is 0.166. The maximum absolute atomic E-state index is 13.1. The van der Waals surface area contributed by atoms with E-state index in [-0.39, 0.29) is 29.3 Å². The number of carbonyl (C=O) groups is 2. The van der Waals surface area contributed by atoms with Gasteiger partial charge >= 0.3 is 12.2 Å². The fourth-order valence-corrected chi connectivity index (χ4v) is 3.13. The molecule has 0 aliphatic heterocycles. The van der Waals surface area contributed by atoms with Gasteiger partial charge in [0, 0.05) is 37.7 Å². The summed E-state index contributed by atoms with van der Waals surface area (Å²) in [4.78, 5) is 26.9. The quantitative estimate of drug-likeness (QED) is 0.414. The third kappa shape index (κ3) is 6.47. The third-order valence-electron chi connectivity index (χ3n) is 4.79. The molecule has 0 atom stereocenters. The number of hydrogen-bond donors (Lipinski definition) is 3. The lowest BCUT2D eigenvalue weighted by molar-refractivity contribution is -0.137. The summed E-state index contributed by atoms with van der Waals surface area (Å²) < 4.78 is 51.7. The number of amides is 3. The van der Waals surface area contributed by atoms with Gasteiger partial charge in [0.05, 0.1) is 11.1 Å². The monoisotopic (exact) mass is 474 g/mol. The zero-order valence-electron chi connectivity index (χ0n) is 18.3. The number of rotatable bonds is 6. The average Bonchev–Trinajstić information content (AvgIpc) is 2.78. The van der Waals surface area contributed by atoms with E-state index in [9.17, 15) is 27.2 Å². The lowest BCUT2D eigenvalue weighted by Gasteiger charge is -2.19. The number of benzene rings is 3. The molecule has 3 rings (SSSR count). The van der Waals surface area contributed by atoms with Crippen molar-refractivity contribution >= 4 is 29.0 Å². The summed E-state index contributed by atoms with van der Waals surface area (Å²) >= 11 is 0. The largest absolute Gasteiger partial charge is 0.416 e. The number of carbonyl (C=O) groups excluding carboxylic acids is 2. The van der Waals surface area contributed by atoms with Gasteiger partial charge in [0.1, 0.15) is 5.82 Å². The first-order valence-electron chi connectivity index (χ1n) is 10.1. The summed E-state index contributed by atoms with van der Waals surface area (Å²) in [5.74, 6) is -0.804. The van der Waals surface area contributed by atoms with Crippen molar-refractivity contribution in [3.63, 3.8) is 0 Å². The summed E-state index contributed by atoms with van der Waals surface area (Å²) in [5.41, 5.74) is 0.901. The molecule has 0 radical (unpaired) electrons. The Kier molecular flexibility index (Phi) is 7.40. The Morgan fingerprint density at radius 2 is 1.53 bits per heavy atom. The molecule has 0 saturated heterocycles. The number of nitrogens with zero attached hydrogens (tertiary/aromatic N) is 1. The molecule has 3 aromatic carbocycles. The van der Waals surface area contributed by atoms with Crippen molar-refractivity contribution in [3.05, 3.63) is 89.2 Å². The first-order chi connectivity index (χ1) is 16.0. The zero-order chi connectivity index (χ0) is 24.9. The Bertz CT molecular complexity index is 1180. The molecule has 0 aromatic heterocycles. The van der Waals surface area contributed by atoms with Crippen LogP contribution in [0.3, 0.4) is 0 Å². The highest BCUT2D eigenvalue weighted by Gasteiger charge is 2.30. The predicted octanol–water partition coefficient (Wildman–Crippen LogP) is 5.48. The Morgan fingerprint density at radius 3 is 2.15 bits per heavy atom. The van der Waals surface area contributed by atoms with Crippen LogP contribution in [0.2, 0.25) is 0 Å². The number of halogens is 4. The summed E-state index contributed by atoms with van der Waals surface area (Å²) in [6.07, 6.45) is -4.54. The van der Waals surface area contributed by atoms with Gasteiger partial charge < -0.3 is 20.9 Å². The lowest BCUT2D eigenvalue weighted by atomic mass is 10.1. The minimum atomic E-state index is -4.54. The SMILES string of the molecule is CN(C)c1ccc(NC(=O)Nc2cccc(C(F)(F)F)c2)cc1C(=O)NCc1ccc(F)cc1. The van der Waals surface area contributed by atoms with E-state index in [4.69, 9.17) is 0 Å². The van der Waals surface area contributed by atoms with Gasteiger partial charge in [0.25, 0.3) is 5.91 Å². The molecule has 178 valence electrons. The molecule has 0 spiro atoms. The Morgan fingerprint density at radius 1 is 0.882 bits per heavy atom. The van der Waals surface area contributed by atoms with Crippen LogP contribution >= 0.6 is 0 Å². The molecule has 34 heavy (non-hydrogen) atoms. The van der Waals surface area contributed by atoms with Crippen LogP contribution in [0.25, 0.3) is 0 Å². The van der Waals surface area contributed by atoms with Crippen LogP contribution in [0.4, 0.5) is 39.4 Å². The molecular weight excluding hydrogens is 452 g/mol. The van der Waals surface area contributed by atoms with Gasteiger partial charge in [-0.2, -0.15) is 13.2 Å². The van der Waals surface area contributed by atoms with E-state index in [2.05, 4.69) is 16.0 Å². The molecule has 3 aromatic rings. The number of anilines is 3. The van der Waals surface area contributed by atoms with Crippen LogP contribution in [0.5, 0.6) is 0 Å². The third-order valence-corrected chi connectivity index (χ3v) is 4.79. The second-order valence-corrected chi connectivity index (χ2v) is 7.59. The topological polar surface area (TPSA) is 73.5 Å². The minimum absolute atomic E-state index is 0.0329. The smallest absolute Gasteiger partial charge is 0.377 e. The van der Waals surface area contributed by atoms with Gasteiger partial charge in [-0.1, -0.05) is 18.2 Å². The van der Waals surface area contributed by atoms with Crippen molar-refractivity contribution in [2.75, 3.05) is 29.6 Å². The van der Waals surface area contributed by atoms with Crippen LogP contribution in [0.15, 0.2) is 66.7 Å². The van der Waals surface area contributed by atoms with Gasteiger partial charge in [-0.25, -0.2) is 9.18 Å². The molecule has 3 amide bonds. The summed E-state index contributed by atoms with van der Waals surface area (Å²) in [5, 5.41) is 7.61. The predicted molar refractivity (Wildman–Crippen MR) is 122 cm³/mol. The maximum Gasteiger partial charge on any atom is 0.416 e. The standard InChI is InChI=1S/C24H22F4N4O2/c1-32(2)21-11-10-19(13-20(21)22(33)29-14-15-6-8-17(25)9-7-15)31-23(34)30-18-5-3-4-16(12-18)24(26,27)28/h3-13H,14H2,1-2H3,(H,29,33)(H2,30,31,34). The molecular formula is C24H22F4N4O2. The van der Waals surface area contributed by atoms with Crippen LogP contribution in [-0.4, -0.2) is 26.0 Å². The normalized spacial score (nSPS) is 11.0. The second kappa shape index (κ2) is 10.2. The first-order valence-corrected chi connectivity index (χ1v) is 10.1. The van der Waals surface area contributed by atoms with Crippen molar-refractivity contribution in [3.8, 4) is 0 Å². The molecule has 3 N–H and O–H groups in total. The van der Waals surface area contributed by atoms with Crippen molar-refractivity contribution in [2.24, 2.45) is 0 Å². The Balaban J connectivity index is 1.72. The second-order valence-electron chi connectivity index (χ2n) is 7.59. The number of urea groups is 1. The molecule has 0 bridgehead atoms. The van der Waals surface area contributed by atoms with Crippen molar-refractivity contribution < 1.29 is 27.2 Å². The van der Waals surface area contributed by atoms with Crippen molar-refractivity contribution in [1.82, 2.24) is 5.32 Å². The highest BCUT2D eigenvalue weighted by molar-refractivity contribution is 6.04. The minimum Gasteiger partial charge on any atom is -0.377 e. The Hall–Kier alpha value is -4.08. The molecule has 0 fully saturated rings. The average molecular weight is 474 g/mol. The van der Waals surface area contributed by atoms with Crippen LogP contribution < -0.4 is 20.9 Å². The highest BCUT2D eigenvalue weighted by Crippen LogP contribution is 2.30. The summed E-state index contributed by atoms with van der Waals surface area (Å²) in [6, 6.07) is 13.8. The van der Waals surface area contributed by atoms with Crippen molar-refractivity contribution in [1.29, 1.82) is 0 Å². The molecule has 6 nitrogen and oxygen atoms in total. The highest BCUT2D eigenvalue weighted by atomic mass is 19.4. The van der Waals surface area contributed by atoms with Crippen molar-refractivity contribution in [2.45, 2.75) is 12.7 Å². The number of hydrogen-bond acceptors (Lipinski definition) is 3.